The van der Waals surface area contributed by atoms with Crippen molar-refractivity contribution in [3.05, 3.63) is 36.8 Å². The van der Waals surface area contributed by atoms with Gasteiger partial charge in [0.2, 0.25) is 5.91 Å². The van der Waals surface area contributed by atoms with Crippen LogP contribution in [-0.2, 0) is 4.79 Å². The van der Waals surface area contributed by atoms with Crippen LogP contribution in [0.1, 0.15) is 19.3 Å². The summed E-state index contributed by atoms with van der Waals surface area (Å²) in [5.74, 6) is 2.46. The van der Waals surface area contributed by atoms with E-state index in [0.29, 0.717) is 12.2 Å². The molecule has 1 aliphatic rings. The third-order valence-electron chi connectivity index (χ3n) is 3.67. The number of aromatic nitrogens is 3. The molecule has 0 atom stereocenters. The number of likely N-dealkylation sites (tertiary alicyclic amines) is 1. The topological polar surface area (TPSA) is 83.0 Å². The number of amides is 1. The first-order valence-corrected chi connectivity index (χ1v) is 7.83. The number of anilines is 3. The maximum absolute atomic E-state index is 11.5. The van der Waals surface area contributed by atoms with Gasteiger partial charge in [-0.15, -0.1) is 0 Å². The highest BCUT2D eigenvalue weighted by atomic mass is 16.2. The number of carbonyl (C=O) groups excluding carboxylic acids is 1. The van der Waals surface area contributed by atoms with Crippen LogP contribution in [0.4, 0.5) is 17.5 Å². The van der Waals surface area contributed by atoms with E-state index in [9.17, 15) is 4.79 Å². The van der Waals surface area contributed by atoms with Crippen LogP contribution in [0.25, 0.3) is 0 Å². The van der Waals surface area contributed by atoms with Gasteiger partial charge in [0, 0.05) is 38.3 Å². The normalized spacial score (nSPS) is 14.1. The molecule has 1 fully saturated rings. The fourth-order valence-electron chi connectivity index (χ4n) is 2.52. The molecule has 1 aliphatic heterocycles. The van der Waals surface area contributed by atoms with Crippen molar-refractivity contribution in [1.82, 2.24) is 19.9 Å². The Morgan fingerprint density at radius 3 is 2.83 bits per heavy atom. The zero-order valence-electron chi connectivity index (χ0n) is 12.9. The highest BCUT2D eigenvalue weighted by Gasteiger charge is 2.18. The largest absolute Gasteiger partial charge is 0.370 e. The van der Waals surface area contributed by atoms with Crippen molar-refractivity contribution < 1.29 is 4.79 Å². The van der Waals surface area contributed by atoms with Crippen molar-refractivity contribution in [2.75, 3.05) is 30.3 Å². The second-order valence-corrected chi connectivity index (χ2v) is 5.39. The number of hydrogen-bond acceptors (Lipinski definition) is 6. The third-order valence-corrected chi connectivity index (χ3v) is 3.67. The fraction of sp³-hybridized carbons (Fsp3) is 0.375. The van der Waals surface area contributed by atoms with Crippen molar-refractivity contribution in [2.45, 2.75) is 19.3 Å². The minimum atomic E-state index is 0.272. The molecule has 3 heterocycles. The van der Waals surface area contributed by atoms with E-state index in [4.69, 9.17) is 0 Å². The van der Waals surface area contributed by atoms with Gasteiger partial charge in [-0.3, -0.25) is 4.79 Å². The number of rotatable bonds is 7. The Balaban J connectivity index is 1.47. The van der Waals surface area contributed by atoms with Gasteiger partial charge >= 0.3 is 0 Å². The van der Waals surface area contributed by atoms with E-state index in [2.05, 4.69) is 25.6 Å². The Labute approximate surface area is 135 Å². The van der Waals surface area contributed by atoms with Gasteiger partial charge in [-0.2, -0.15) is 0 Å². The van der Waals surface area contributed by atoms with E-state index in [1.807, 2.05) is 29.2 Å². The molecule has 2 N–H and O–H groups in total. The second kappa shape index (κ2) is 7.53. The van der Waals surface area contributed by atoms with Gasteiger partial charge in [-0.1, -0.05) is 6.07 Å². The summed E-state index contributed by atoms with van der Waals surface area (Å²) in [7, 11) is 0. The lowest BCUT2D eigenvalue weighted by Crippen LogP contribution is -2.27. The van der Waals surface area contributed by atoms with Crippen LogP contribution in [-0.4, -0.2) is 45.4 Å². The smallest absolute Gasteiger partial charge is 0.222 e. The molecule has 7 nitrogen and oxygen atoms in total. The van der Waals surface area contributed by atoms with Crippen molar-refractivity contribution in [3.63, 3.8) is 0 Å². The maximum atomic E-state index is 11.5. The summed E-state index contributed by atoms with van der Waals surface area (Å²) in [5, 5.41) is 6.39. The van der Waals surface area contributed by atoms with E-state index in [1.54, 1.807) is 6.20 Å². The first kappa shape index (κ1) is 15.2. The van der Waals surface area contributed by atoms with Gasteiger partial charge in [0.25, 0.3) is 0 Å². The molecule has 3 rings (SSSR count). The first-order chi connectivity index (χ1) is 11.3. The summed E-state index contributed by atoms with van der Waals surface area (Å²) in [6, 6.07) is 7.50. The molecule has 0 aromatic carbocycles. The number of hydrogen-bond donors (Lipinski definition) is 2. The van der Waals surface area contributed by atoms with Crippen molar-refractivity contribution >= 4 is 23.4 Å². The molecule has 23 heavy (non-hydrogen) atoms. The average molecular weight is 312 g/mol. The van der Waals surface area contributed by atoms with Crippen molar-refractivity contribution in [1.29, 1.82) is 0 Å². The maximum Gasteiger partial charge on any atom is 0.222 e. The first-order valence-electron chi connectivity index (χ1n) is 7.83. The Bertz CT molecular complexity index is 648. The van der Waals surface area contributed by atoms with Gasteiger partial charge in [-0.05, 0) is 25.0 Å². The lowest BCUT2D eigenvalue weighted by atomic mass is 10.3. The van der Waals surface area contributed by atoms with E-state index >= 15 is 0 Å². The summed E-state index contributed by atoms with van der Waals surface area (Å²) in [4.78, 5) is 26.0. The zero-order valence-corrected chi connectivity index (χ0v) is 12.9. The SMILES string of the molecule is O=C1CCCN1CCCNc1cc(Nc2ccccn2)ncn1. The highest BCUT2D eigenvalue weighted by molar-refractivity contribution is 5.78. The van der Waals surface area contributed by atoms with Gasteiger partial charge in [0.15, 0.2) is 0 Å². The van der Waals surface area contributed by atoms with Gasteiger partial charge in [0.1, 0.15) is 23.8 Å². The van der Waals surface area contributed by atoms with Gasteiger partial charge < -0.3 is 15.5 Å². The molecule has 0 unspecified atom stereocenters. The molecular formula is C16H20N6O. The van der Waals surface area contributed by atoms with E-state index in [0.717, 1.165) is 44.1 Å². The van der Waals surface area contributed by atoms with Crippen LogP contribution in [0.2, 0.25) is 0 Å². The van der Waals surface area contributed by atoms with Crippen molar-refractivity contribution in [3.8, 4) is 0 Å². The molecule has 0 spiro atoms. The lowest BCUT2D eigenvalue weighted by molar-refractivity contribution is -0.127. The molecule has 0 aliphatic carbocycles. The predicted molar refractivity (Wildman–Crippen MR) is 88.5 cm³/mol. The molecule has 120 valence electrons. The summed E-state index contributed by atoms with van der Waals surface area (Å²) in [5.41, 5.74) is 0. The average Bonchev–Trinajstić information content (AvgIpc) is 2.98. The number of nitrogens with one attached hydrogen (secondary N) is 2. The number of nitrogens with zero attached hydrogens (tertiary/aromatic N) is 4. The van der Waals surface area contributed by atoms with Gasteiger partial charge in [0.05, 0.1) is 0 Å². The molecule has 0 bridgehead atoms. The minimum absolute atomic E-state index is 0.272. The molecule has 0 saturated carbocycles. The van der Waals surface area contributed by atoms with Crippen LogP contribution in [0.5, 0.6) is 0 Å². The van der Waals surface area contributed by atoms with Crippen LogP contribution >= 0.6 is 0 Å². The van der Waals surface area contributed by atoms with Gasteiger partial charge in [-0.25, -0.2) is 15.0 Å². The van der Waals surface area contributed by atoms with E-state index in [1.165, 1.54) is 6.33 Å². The quantitative estimate of drug-likeness (QED) is 0.761. The zero-order chi connectivity index (χ0) is 15.9. The second-order valence-electron chi connectivity index (χ2n) is 5.39. The highest BCUT2D eigenvalue weighted by Crippen LogP contribution is 2.14. The molecule has 2 aromatic heterocycles. The monoisotopic (exact) mass is 312 g/mol. The standard InChI is InChI=1S/C16H20N6O/c23-16-6-3-9-22(16)10-4-8-18-14-11-15(20-12-19-14)21-13-5-1-2-7-17-13/h1-2,5,7,11-12H,3-4,6,8-10H2,(H2,17,18,19,20,21). The Morgan fingerprint density at radius 1 is 1.13 bits per heavy atom. The summed E-state index contributed by atoms with van der Waals surface area (Å²) in [6.07, 6.45) is 5.82. The Morgan fingerprint density at radius 2 is 2.04 bits per heavy atom. The molecule has 1 saturated heterocycles. The Hall–Kier alpha value is -2.70. The van der Waals surface area contributed by atoms with Crippen molar-refractivity contribution in [2.24, 2.45) is 0 Å². The molecule has 0 radical (unpaired) electrons. The van der Waals surface area contributed by atoms with Crippen LogP contribution < -0.4 is 10.6 Å². The Kier molecular flexibility index (Phi) is 4.98. The predicted octanol–water partition coefficient (Wildman–Crippen LogP) is 2.04. The molecule has 1 amide bonds. The van der Waals surface area contributed by atoms with Crippen LogP contribution in [0, 0.1) is 0 Å². The third kappa shape index (κ3) is 4.38. The molecular weight excluding hydrogens is 292 g/mol. The summed E-state index contributed by atoms with van der Waals surface area (Å²) >= 11 is 0. The van der Waals surface area contributed by atoms with Crippen LogP contribution in [0.15, 0.2) is 36.8 Å². The minimum Gasteiger partial charge on any atom is -0.370 e. The van der Waals surface area contributed by atoms with E-state index < -0.39 is 0 Å². The molecule has 7 heteroatoms. The lowest BCUT2D eigenvalue weighted by Gasteiger charge is -2.15. The fourth-order valence-corrected chi connectivity index (χ4v) is 2.52. The molecule has 2 aromatic rings. The number of pyridine rings is 1. The van der Waals surface area contributed by atoms with E-state index in [-0.39, 0.29) is 5.91 Å². The summed E-state index contributed by atoms with van der Waals surface area (Å²) < 4.78 is 0. The number of carbonyl (C=O) groups is 1. The van der Waals surface area contributed by atoms with Crippen LogP contribution in [0.3, 0.4) is 0 Å². The summed E-state index contributed by atoms with van der Waals surface area (Å²) in [6.45, 7) is 2.46.